The van der Waals surface area contributed by atoms with Crippen molar-refractivity contribution in [2.75, 3.05) is 13.1 Å². The van der Waals surface area contributed by atoms with Crippen molar-refractivity contribution in [3.05, 3.63) is 46.8 Å². The molecule has 7 nitrogen and oxygen atoms in total. The molecule has 0 aromatic rings. The fraction of sp³-hybridized carbons (Fsp3) is 0.476. The summed E-state index contributed by atoms with van der Waals surface area (Å²) in [7, 11) is 0. The van der Waals surface area contributed by atoms with Gasteiger partial charge in [-0.2, -0.15) is 0 Å². The van der Waals surface area contributed by atoms with Crippen molar-refractivity contribution in [1.82, 2.24) is 15.8 Å². The number of carbonyl (C=O) groups is 1. The van der Waals surface area contributed by atoms with Crippen LogP contribution in [0.25, 0.3) is 0 Å². The quantitative estimate of drug-likeness (QED) is 0.594. The second-order valence-corrected chi connectivity index (χ2v) is 8.18. The molecule has 0 fully saturated rings. The second-order valence-electron chi connectivity index (χ2n) is 8.18. The Labute approximate surface area is 174 Å². The maximum Gasteiger partial charge on any atom is 0.255 e. The van der Waals surface area contributed by atoms with Gasteiger partial charge in [-0.05, 0) is 45.4 Å². The summed E-state index contributed by atoms with van der Waals surface area (Å²) in [5.74, 6) is -0.513. The van der Waals surface area contributed by atoms with Crippen LogP contribution in [0.3, 0.4) is 0 Å². The summed E-state index contributed by atoms with van der Waals surface area (Å²) >= 11 is 0. The molecule has 0 aliphatic carbocycles. The minimum Gasteiger partial charge on any atom is -0.387 e. The number of rotatable bonds is 5. The lowest BCUT2D eigenvalue weighted by Crippen LogP contribution is -2.46. The number of hydrogen-bond donors (Lipinski definition) is 3. The van der Waals surface area contributed by atoms with Crippen molar-refractivity contribution in [3.8, 4) is 0 Å². The molecule has 9 heteroatoms. The minimum absolute atomic E-state index is 0.104. The Kier molecular flexibility index (Phi) is 6.21. The predicted octanol–water partition coefficient (Wildman–Crippen LogP) is 1.90. The van der Waals surface area contributed by atoms with Crippen molar-refractivity contribution in [2.24, 2.45) is 9.98 Å². The summed E-state index contributed by atoms with van der Waals surface area (Å²) in [6.45, 7) is 6.50. The largest absolute Gasteiger partial charge is 0.387 e. The molecular formula is C21H27F2N5O2. The Hall–Kier alpha value is -2.81. The number of nitrogens with zero attached hydrogens (tertiary/aromatic N) is 3. The molecule has 3 rings (SSSR count). The maximum atomic E-state index is 14.2. The van der Waals surface area contributed by atoms with Gasteiger partial charge in [0.05, 0.1) is 35.7 Å². The van der Waals surface area contributed by atoms with Crippen LogP contribution in [0.4, 0.5) is 8.78 Å². The number of hydrazine groups is 1. The molecule has 0 saturated carbocycles. The van der Waals surface area contributed by atoms with E-state index >= 15 is 0 Å². The van der Waals surface area contributed by atoms with E-state index < -0.39 is 24.0 Å². The van der Waals surface area contributed by atoms with Gasteiger partial charge in [0.1, 0.15) is 6.17 Å². The number of carbonyl (C=O) groups excluding carboxylic acids is 1. The van der Waals surface area contributed by atoms with Crippen LogP contribution in [0.1, 0.15) is 27.7 Å². The molecule has 3 aliphatic rings. The van der Waals surface area contributed by atoms with E-state index in [0.29, 0.717) is 23.5 Å². The van der Waals surface area contributed by atoms with Crippen molar-refractivity contribution in [1.29, 1.82) is 0 Å². The zero-order valence-corrected chi connectivity index (χ0v) is 17.5. The van der Waals surface area contributed by atoms with Crippen molar-refractivity contribution in [3.63, 3.8) is 0 Å². The molecule has 0 saturated heterocycles. The van der Waals surface area contributed by atoms with E-state index in [0.717, 1.165) is 5.57 Å². The molecule has 3 heterocycles. The first-order valence-corrected chi connectivity index (χ1v) is 9.83. The van der Waals surface area contributed by atoms with Gasteiger partial charge in [0, 0.05) is 24.0 Å². The molecule has 0 aromatic carbocycles. The van der Waals surface area contributed by atoms with E-state index in [1.165, 1.54) is 26.3 Å². The Morgan fingerprint density at radius 1 is 1.50 bits per heavy atom. The van der Waals surface area contributed by atoms with Crippen LogP contribution in [0, 0.1) is 0 Å². The number of allylic oxidation sites excluding steroid dienone is 2. The van der Waals surface area contributed by atoms with E-state index in [2.05, 4.69) is 20.7 Å². The highest BCUT2D eigenvalue weighted by Crippen LogP contribution is 2.30. The first-order chi connectivity index (χ1) is 14.1. The number of nitrogens with one attached hydrogen (secondary N) is 2. The lowest BCUT2D eigenvalue weighted by molar-refractivity contribution is -0.117. The number of hydrogen-bond acceptors (Lipinski definition) is 6. The number of fused-ring (bicyclic) bond motifs is 1. The molecule has 1 amide bonds. The standard InChI is InChI=1S/C21H27F2N5O2/c1-12(2)27-18-15(20(29)25-10-17(22)21(3,4)30)9-26-28-11-13(8-16(18)28)14-6-5-7-24-19(14)23/h5-9,12,17,19,26,30H,10-11H2,1-4H3,(H,25,29)/t17?,19-/m0/s1. The molecule has 0 aromatic heterocycles. The Bertz CT molecular complexity index is 894. The molecule has 0 radical (unpaired) electrons. The molecule has 3 N–H and O–H groups in total. The molecule has 30 heavy (non-hydrogen) atoms. The van der Waals surface area contributed by atoms with Crippen molar-refractivity contribution >= 4 is 17.8 Å². The Balaban J connectivity index is 1.88. The van der Waals surface area contributed by atoms with Crippen LogP contribution in [-0.4, -0.2) is 65.1 Å². The molecule has 0 bridgehead atoms. The smallest absolute Gasteiger partial charge is 0.255 e. The summed E-state index contributed by atoms with van der Waals surface area (Å²) in [6, 6.07) is -0.104. The maximum absolute atomic E-state index is 14.2. The monoisotopic (exact) mass is 419 g/mol. The van der Waals surface area contributed by atoms with Gasteiger partial charge in [-0.25, -0.2) is 8.78 Å². The molecule has 1 unspecified atom stereocenters. The topological polar surface area (TPSA) is 89.3 Å². The van der Waals surface area contributed by atoms with Gasteiger partial charge in [-0.1, -0.05) is 6.08 Å². The van der Waals surface area contributed by atoms with Crippen LogP contribution in [-0.2, 0) is 4.79 Å². The summed E-state index contributed by atoms with van der Waals surface area (Å²) in [5, 5.41) is 14.0. The van der Waals surface area contributed by atoms with E-state index in [9.17, 15) is 18.7 Å². The molecule has 2 atom stereocenters. The first-order valence-electron chi connectivity index (χ1n) is 9.83. The van der Waals surface area contributed by atoms with E-state index in [1.807, 2.05) is 13.8 Å². The average Bonchev–Trinajstić information content (AvgIpc) is 3.09. The second kappa shape index (κ2) is 8.51. The highest BCUT2D eigenvalue weighted by molar-refractivity contribution is 6.28. The molecule has 3 aliphatic heterocycles. The lowest BCUT2D eigenvalue weighted by atomic mass is 10.0. The number of dihydropyridines is 1. The van der Waals surface area contributed by atoms with Gasteiger partial charge in [-0.3, -0.25) is 19.8 Å². The zero-order valence-electron chi connectivity index (χ0n) is 17.5. The van der Waals surface area contributed by atoms with Gasteiger partial charge in [-0.15, -0.1) is 0 Å². The third-order valence-electron chi connectivity index (χ3n) is 4.84. The zero-order chi connectivity index (χ0) is 22.1. The van der Waals surface area contributed by atoms with Gasteiger partial charge in [0.25, 0.3) is 5.91 Å². The SMILES string of the molecule is CC(C)N=C1C(C(=O)NCC(F)C(C)(C)O)=CNN2CC(=C3C=CC=N[C@@H]3F)C=C12. The molecule has 162 valence electrons. The normalized spacial score (nSPS) is 25.8. The van der Waals surface area contributed by atoms with Gasteiger partial charge >= 0.3 is 0 Å². The fourth-order valence-corrected chi connectivity index (χ4v) is 3.16. The van der Waals surface area contributed by atoms with Crippen molar-refractivity contribution < 1.29 is 18.7 Å². The van der Waals surface area contributed by atoms with E-state index in [4.69, 9.17) is 0 Å². The number of amides is 1. The summed E-state index contributed by atoms with van der Waals surface area (Å²) < 4.78 is 28.3. The average molecular weight is 419 g/mol. The third kappa shape index (κ3) is 4.67. The Morgan fingerprint density at radius 2 is 2.23 bits per heavy atom. The first kappa shape index (κ1) is 21.9. The number of aliphatic hydroxyl groups is 1. The number of alkyl halides is 2. The van der Waals surface area contributed by atoms with Gasteiger partial charge in [0.2, 0.25) is 6.30 Å². The summed E-state index contributed by atoms with van der Waals surface area (Å²) in [6.07, 6.45) is 5.01. The molecule has 0 spiro atoms. The summed E-state index contributed by atoms with van der Waals surface area (Å²) in [5.41, 5.74) is 3.96. The Morgan fingerprint density at radius 3 is 2.87 bits per heavy atom. The highest BCUT2D eigenvalue weighted by Gasteiger charge is 2.34. The van der Waals surface area contributed by atoms with E-state index in [-0.39, 0.29) is 18.2 Å². The van der Waals surface area contributed by atoms with Crippen LogP contribution in [0.2, 0.25) is 0 Å². The van der Waals surface area contributed by atoms with Gasteiger partial charge < -0.3 is 15.8 Å². The highest BCUT2D eigenvalue weighted by atomic mass is 19.1. The van der Waals surface area contributed by atoms with Crippen LogP contribution in [0.15, 0.2) is 56.8 Å². The number of halogens is 2. The lowest BCUT2D eigenvalue weighted by Gasteiger charge is -2.29. The van der Waals surface area contributed by atoms with Crippen LogP contribution >= 0.6 is 0 Å². The number of aliphatic imine (C=N–C) groups is 2. The predicted molar refractivity (Wildman–Crippen MR) is 112 cm³/mol. The fourth-order valence-electron chi connectivity index (χ4n) is 3.16. The van der Waals surface area contributed by atoms with Crippen molar-refractivity contribution in [2.45, 2.75) is 51.8 Å². The molecular weight excluding hydrogens is 392 g/mol. The third-order valence-corrected chi connectivity index (χ3v) is 4.84. The van der Waals surface area contributed by atoms with Crippen LogP contribution < -0.4 is 10.7 Å². The van der Waals surface area contributed by atoms with E-state index in [1.54, 1.807) is 23.2 Å². The summed E-state index contributed by atoms with van der Waals surface area (Å²) in [4.78, 5) is 21.1. The van der Waals surface area contributed by atoms with Crippen LogP contribution in [0.5, 0.6) is 0 Å². The minimum atomic E-state index is -1.62. The van der Waals surface area contributed by atoms with Gasteiger partial charge in [0.15, 0.2) is 0 Å².